The number of nitrogens with zero attached hydrogens (tertiary/aromatic N) is 2. The van der Waals surface area contributed by atoms with Crippen molar-refractivity contribution in [2.75, 3.05) is 6.61 Å². The van der Waals surface area contributed by atoms with Crippen molar-refractivity contribution in [3.63, 3.8) is 0 Å². The number of urea groups is 1. The molecule has 0 saturated carbocycles. The zero-order valence-corrected chi connectivity index (χ0v) is 16.7. The van der Waals surface area contributed by atoms with Gasteiger partial charge in [0.1, 0.15) is 18.2 Å². The van der Waals surface area contributed by atoms with Crippen LogP contribution in [0.1, 0.15) is 23.6 Å². The summed E-state index contributed by atoms with van der Waals surface area (Å²) < 4.78 is 11.4. The van der Waals surface area contributed by atoms with E-state index in [0.717, 1.165) is 0 Å². The van der Waals surface area contributed by atoms with Crippen LogP contribution in [0.3, 0.4) is 0 Å². The quantitative estimate of drug-likeness (QED) is 0.516. The molecule has 2 rings (SSSR count). The first-order valence-electron chi connectivity index (χ1n) is 8.69. The minimum atomic E-state index is -1.07. The average Bonchev–Trinajstić information content (AvgIpc) is 2.71. The lowest BCUT2D eigenvalue weighted by Gasteiger charge is -2.15. The fourth-order valence-corrected chi connectivity index (χ4v) is 2.75. The van der Waals surface area contributed by atoms with Crippen molar-refractivity contribution in [3.05, 3.63) is 63.7 Å². The zero-order valence-electron chi connectivity index (χ0n) is 15.9. The summed E-state index contributed by atoms with van der Waals surface area (Å²) in [4.78, 5) is 22.7. The van der Waals surface area contributed by atoms with E-state index >= 15 is 0 Å². The van der Waals surface area contributed by atoms with Crippen molar-refractivity contribution in [2.24, 2.45) is 5.73 Å². The van der Waals surface area contributed by atoms with Gasteiger partial charge in [0.15, 0.2) is 11.5 Å². The van der Waals surface area contributed by atoms with E-state index in [1.807, 2.05) is 5.32 Å². The third-order valence-electron chi connectivity index (χ3n) is 3.75. The molecule has 3 N–H and O–H groups in total. The van der Waals surface area contributed by atoms with Crippen LogP contribution in [-0.4, -0.2) is 18.5 Å². The first-order chi connectivity index (χ1) is 14.4. The zero-order chi connectivity index (χ0) is 22.1. The van der Waals surface area contributed by atoms with Crippen molar-refractivity contribution in [2.45, 2.75) is 13.5 Å². The number of primary amides is 1. The first kappa shape index (κ1) is 22.3. The van der Waals surface area contributed by atoms with Crippen LogP contribution in [0, 0.1) is 22.7 Å². The molecule has 0 unspecified atom stereocenters. The molecule has 0 radical (unpaired) electrons. The van der Waals surface area contributed by atoms with Gasteiger partial charge in [-0.25, -0.2) is 4.79 Å². The Morgan fingerprint density at radius 2 is 1.97 bits per heavy atom. The van der Waals surface area contributed by atoms with Crippen LogP contribution >= 0.6 is 11.6 Å². The fourth-order valence-electron chi connectivity index (χ4n) is 2.47. The first-order valence-corrected chi connectivity index (χ1v) is 9.07. The van der Waals surface area contributed by atoms with Crippen molar-refractivity contribution < 1.29 is 19.1 Å². The normalized spacial score (nSPS) is 10.5. The van der Waals surface area contributed by atoms with Crippen LogP contribution in [0.15, 0.2) is 42.0 Å². The van der Waals surface area contributed by atoms with Crippen LogP contribution < -0.4 is 20.5 Å². The molecule has 0 aliphatic rings. The van der Waals surface area contributed by atoms with Crippen molar-refractivity contribution >= 4 is 29.6 Å². The van der Waals surface area contributed by atoms with Gasteiger partial charge in [-0.2, -0.15) is 10.5 Å². The smallest absolute Gasteiger partial charge is 0.319 e. The Morgan fingerprint density at radius 3 is 2.60 bits per heavy atom. The third-order valence-corrected chi connectivity index (χ3v) is 4.04. The minimum absolute atomic E-state index is 0.0865. The van der Waals surface area contributed by atoms with Crippen molar-refractivity contribution in [1.29, 1.82) is 10.5 Å². The van der Waals surface area contributed by atoms with E-state index in [1.54, 1.807) is 37.3 Å². The molecular weight excluding hydrogens is 408 g/mol. The van der Waals surface area contributed by atoms with Crippen LogP contribution in [0.25, 0.3) is 6.08 Å². The van der Waals surface area contributed by atoms with E-state index in [2.05, 4.69) is 6.07 Å². The fraction of sp³-hybridized carbons (Fsp3) is 0.143. The summed E-state index contributed by atoms with van der Waals surface area (Å²) in [6.45, 7) is 2.16. The molecule has 30 heavy (non-hydrogen) atoms. The number of halogens is 1. The summed E-state index contributed by atoms with van der Waals surface area (Å²) in [6, 6.07) is 12.7. The molecule has 0 fully saturated rings. The highest BCUT2D eigenvalue weighted by molar-refractivity contribution is 6.32. The number of hydrogen-bond donors (Lipinski definition) is 2. The number of nitrogens with one attached hydrogen (secondary N) is 1. The van der Waals surface area contributed by atoms with Crippen LogP contribution in [0.5, 0.6) is 11.5 Å². The lowest BCUT2D eigenvalue weighted by atomic mass is 10.1. The predicted octanol–water partition coefficient (Wildman–Crippen LogP) is 3.29. The second-order valence-corrected chi connectivity index (χ2v) is 6.22. The summed E-state index contributed by atoms with van der Waals surface area (Å²) in [5.74, 6) is -0.394. The molecule has 0 aliphatic heterocycles. The van der Waals surface area contributed by atoms with Crippen molar-refractivity contribution in [1.82, 2.24) is 5.32 Å². The van der Waals surface area contributed by atoms with Crippen LogP contribution in [0.2, 0.25) is 5.02 Å². The summed E-state index contributed by atoms with van der Waals surface area (Å²) in [6.07, 6.45) is 1.24. The van der Waals surface area contributed by atoms with Gasteiger partial charge in [-0.1, -0.05) is 29.8 Å². The number of imide groups is 1. The van der Waals surface area contributed by atoms with Gasteiger partial charge >= 0.3 is 6.03 Å². The molecule has 0 atom stereocenters. The highest BCUT2D eigenvalue weighted by Gasteiger charge is 2.16. The Kier molecular flexibility index (Phi) is 7.81. The number of nitrogens with two attached hydrogens (primary N) is 1. The maximum Gasteiger partial charge on any atom is 0.319 e. The van der Waals surface area contributed by atoms with E-state index in [4.69, 9.17) is 26.8 Å². The average molecular weight is 425 g/mol. The monoisotopic (exact) mass is 424 g/mol. The number of amides is 3. The number of ether oxygens (including phenoxy) is 2. The molecule has 2 aromatic carbocycles. The molecule has 0 bridgehead atoms. The molecule has 152 valence electrons. The van der Waals surface area contributed by atoms with Gasteiger partial charge in [-0.15, -0.1) is 0 Å². The topological polar surface area (TPSA) is 138 Å². The minimum Gasteiger partial charge on any atom is -0.490 e. The molecule has 0 saturated heterocycles. The summed E-state index contributed by atoms with van der Waals surface area (Å²) in [7, 11) is 0. The van der Waals surface area contributed by atoms with Gasteiger partial charge in [0.25, 0.3) is 5.91 Å². The number of benzene rings is 2. The number of carbonyl (C=O) groups excluding carboxylic acids is 2. The number of rotatable bonds is 7. The number of nitriles is 2. The van der Waals surface area contributed by atoms with E-state index in [1.165, 1.54) is 18.2 Å². The highest BCUT2D eigenvalue weighted by atomic mass is 35.5. The van der Waals surface area contributed by atoms with Gasteiger partial charge in [-0.05, 0) is 36.8 Å². The molecule has 0 aromatic heterocycles. The predicted molar refractivity (Wildman–Crippen MR) is 109 cm³/mol. The van der Waals surface area contributed by atoms with Gasteiger partial charge < -0.3 is 15.2 Å². The maximum atomic E-state index is 11.9. The van der Waals surface area contributed by atoms with Crippen molar-refractivity contribution in [3.8, 4) is 23.6 Å². The molecule has 8 nitrogen and oxygen atoms in total. The molecular formula is C21H17ClN4O4. The third kappa shape index (κ3) is 5.74. The van der Waals surface area contributed by atoms with Gasteiger partial charge in [0.05, 0.1) is 23.3 Å². The molecule has 9 heteroatoms. The van der Waals surface area contributed by atoms with Crippen LogP contribution in [0.4, 0.5) is 4.79 Å². The Morgan fingerprint density at radius 1 is 1.23 bits per heavy atom. The summed E-state index contributed by atoms with van der Waals surface area (Å²) in [5.41, 5.74) is 6.09. The Labute approximate surface area is 178 Å². The van der Waals surface area contributed by atoms with Gasteiger partial charge in [0, 0.05) is 5.56 Å². The molecule has 0 heterocycles. The van der Waals surface area contributed by atoms with Gasteiger partial charge in [-0.3, -0.25) is 10.1 Å². The maximum absolute atomic E-state index is 11.9. The Bertz CT molecular complexity index is 1080. The number of hydrogen-bond acceptors (Lipinski definition) is 6. The van der Waals surface area contributed by atoms with E-state index in [-0.39, 0.29) is 23.0 Å². The standard InChI is InChI=1S/C21H17ClN4O4/c1-2-29-18-9-13(7-16(11-24)20(27)26-21(25)28)8-17(22)19(18)30-12-15-6-4-3-5-14(15)10-23/h3-9H,2,12H2,1H3,(H3,25,26,27,28)/b16-7-. The Hall–Kier alpha value is -4.01. The van der Waals surface area contributed by atoms with E-state index < -0.39 is 11.9 Å². The second kappa shape index (κ2) is 10.5. The van der Waals surface area contributed by atoms with E-state index in [9.17, 15) is 20.1 Å². The Balaban J connectivity index is 2.37. The molecule has 0 spiro atoms. The lowest BCUT2D eigenvalue weighted by molar-refractivity contribution is -0.115. The molecule has 0 aliphatic carbocycles. The SMILES string of the molecule is CCOc1cc(/C=C(/C#N)C(=O)NC(N)=O)cc(Cl)c1OCc1ccccc1C#N. The molecule has 2 aromatic rings. The summed E-state index contributed by atoms with van der Waals surface area (Å²) in [5, 5.41) is 20.4. The summed E-state index contributed by atoms with van der Waals surface area (Å²) >= 11 is 6.34. The van der Waals surface area contributed by atoms with E-state index in [0.29, 0.717) is 29.0 Å². The largest absolute Gasteiger partial charge is 0.490 e. The van der Waals surface area contributed by atoms with Crippen LogP contribution in [-0.2, 0) is 11.4 Å². The lowest BCUT2D eigenvalue weighted by Crippen LogP contribution is -2.35. The second-order valence-electron chi connectivity index (χ2n) is 5.81. The molecule has 3 amide bonds. The van der Waals surface area contributed by atoms with Gasteiger partial charge in [0.2, 0.25) is 0 Å². The highest BCUT2D eigenvalue weighted by Crippen LogP contribution is 2.38. The number of carbonyl (C=O) groups is 2.